The molecule has 1 saturated heterocycles. The second-order valence-corrected chi connectivity index (χ2v) is 9.42. The van der Waals surface area contributed by atoms with Crippen molar-refractivity contribution in [1.82, 2.24) is 19.7 Å². The SMILES string of the molecule is CC(Sc1nnc(N2CCCC2)n1-c1ccccc1Cl)C(=O)N(C)Cc1ccccc1. The molecule has 8 heteroatoms. The fourth-order valence-corrected chi connectivity index (χ4v) is 4.95. The van der Waals surface area contributed by atoms with Crippen LogP contribution < -0.4 is 4.90 Å². The lowest BCUT2D eigenvalue weighted by Gasteiger charge is -2.22. The van der Waals surface area contributed by atoms with Gasteiger partial charge < -0.3 is 9.80 Å². The van der Waals surface area contributed by atoms with E-state index in [0.717, 1.165) is 43.1 Å². The standard InChI is InChI=1S/C23H26ClN5OS/c1-17(21(30)27(2)16-18-10-4-3-5-11-18)31-23-26-25-22(28-14-8-9-15-28)29(23)20-13-7-6-12-19(20)24/h3-7,10-13,17H,8-9,14-16H2,1-2H3. The summed E-state index contributed by atoms with van der Waals surface area (Å²) in [6.07, 6.45) is 2.27. The van der Waals surface area contributed by atoms with Crippen molar-refractivity contribution in [1.29, 1.82) is 0 Å². The van der Waals surface area contributed by atoms with Crippen LogP contribution in [-0.2, 0) is 11.3 Å². The van der Waals surface area contributed by atoms with Gasteiger partial charge in [0, 0.05) is 26.7 Å². The third-order valence-corrected chi connectivity index (χ3v) is 6.72. The van der Waals surface area contributed by atoms with Crippen molar-refractivity contribution >= 4 is 35.2 Å². The largest absolute Gasteiger partial charge is 0.341 e. The monoisotopic (exact) mass is 455 g/mol. The van der Waals surface area contributed by atoms with Gasteiger partial charge in [0.25, 0.3) is 0 Å². The van der Waals surface area contributed by atoms with Crippen LogP contribution in [0.1, 0.15) is 25.3 Å². The number of carbonyl (C=O) groups is 1. The van der Waals surface area contributed by atoms with E-state index in [1.165, 1.54) is 11.8 Å². The van der Waals surface area contributed by atoms with Gasteiger partial charge in [0.15, 0.2) is 5.16 Å². The Kier molecular flexibility index (Phi) is 6.83. The maximum absolute atomic E-state index is 13.0. The average molecular weight is 456 g/mol. The van der Waals surface area contributed by atoms with Gasteiger partial charge in [-0.25, -0.2) is 0 Å². The number of halogens is 1. The van der Waals surface area contributed by atoms with Crippen LogP contribution in [0.2, 0.25) is 5.02 Å². The first-order chi connectivity index (χ1) is 15.0. The van der Waals surface area contributed by atoms with Crippen molar-refractivity contribution in [2.75, 3.05) is 25.0 Å². The first-order valence-electron chi connectivity index (χ1n) is 10.5. The smallest absolute Gasteiger partial charge is 0.235 e. The zero-order valence-electron chi connectivity index (χ0n) is 17.7. The molecule has 0 saturated carbocycles. The highest BCUT2D eigenvalue weighted by Gasteiger charge is 2.27. The van der Waals surface area contributed by atoms with Crippen LogP contribution in [0.15, 0.2) is 59.8 Å². The number of carbonyl (C=O) groups excluding carboxylic acids is 1. The number of amides is 1. The number of para-hydroxylation sites is 1. The summed E-state index contributed by atoms with van der Waals surface area (Å²) in [7, 11) is 1.83. The van der Waals surface area contributed by atoms with E-state index in [1.807, 2.05) is 73.1 Å². The normalized spacial score (nSPS) is 14.6. The van der Waals surface area contributed by atoms with Crippen LogP contribution in [0.5, 0.6) is 0 Å². The van der Waals surface area contributed by atoms with Crippen molar-refractivity contribution in [2.24, 2.45) is 0 Å². The molecule has 4 rings (SSSR count). The summed E-state index contributed by atoms with van der Waals surface area (Å²) in [4.78, 5) is 17.0. The number of hydrogen-bond acceptors (Lipinski definition) is 5. The molecule has 6 nitrogen and oxygen atoms in total. The molecule has 162 valence electrons. The van der Waals surface area contributed by atoms with E-state index in [9.17, 15) is 4.79 Å². The number of thioether (sulfide) groups is 1. The first-order valence-corrected chi connectivity index (χ1v) is 11.7. The van der Waals surface area contributed by atoms with Crippen LogP contribution >= 0.6 is 23.4 Å². The molecule has 0 aliphatic carbocycles. The second kappa shape index (κ2) is 9.75. The molecule has 1 unspecified atom stereocenters. The van der Waals surface area contributed by atoms with E-state index in [4.69, 9.17) is 11.6 Å². The maximum atomic E-state index is 13.0. The number of rotatable bonds is 7. The van der Waals surface area contributed by atoms with Gasteiger partial charge >= 0.3 is 0 Å². The molecule has 0 N–H and O–H groups in total. The molecule has 0 bridgehead atoms. The summed E-state index contributed by atoms with van der Waals surface area (Å²) in [5.74, 6) is 0.829. The Morgan fingerprint density at radius 3 is 2.48 bits per heavy atom. The molecule has 0 spiro atoms. The highest BCUT2D eigenvalue weighted by molar-refractivity contribution is 8.00. The molecular weight excluding hydrogens is 430 g/mol. The Hall–Kier alpha value is -2.51. The molecular formula is C23H26ClN5OS. The Labute approximate surface area is 192 Å². The molecule has 1 amide bonds. The van der Waals surface area contributed by atoms with E-state index in [1.54, 1.807) is 4.90 Å². The summed E-state index contributed by atoms with van der Waals surface area (Å²) < 4.78 is 1.99. The molecule has 1 fully saturated rings. The van der Waals surface area contributed by atoms with E-state index >= 15 is 0 Å². The highest BCUT2D eigenvalue weighted by atomic mass is 35.5. The molecule has 2 heterocycles. The minimum absolute atomic E-state index is 0.0466. The van der Waals surface area contributed by atoms with Crippen LogP contribution in [0.3, 0.4) is 0 Å². The minimum atomic E-state index is -0.314. The Balaban J connectivity index is 1.57. The fraction of sp³-hybridized carbons (Fsp3) is 0.348. The number of nitrogens with zero attached hydrogens (tertiary/aromatic N) is 5. The van der Waals surface area contributed by atoms with Crippen LogP contribution in [0.25, 0.3) is 5.69 Å². The van der Waals surface area contributed by atoms with Crippen molar-refractivity contribution in [3.05, 3.63) is 65.2 Å². The molecule has 3 aromatic rings. The summed E-state index contributed by atoms with van der Waals surface area (Å²) in [6, 6.07) is 17.7. The quantitative estimate of drug-likeness (QED) is 0.485. The van der Waals surface area contributed by atoms with E-state index in [0.29, 0.717) is 16.7 Å². The lowest BCUT2D eigenvalue weighted by atomic mass is 10.2. The zero-order valence-corrected chi connectivity index (χ0v) is 19.3. The number of anilines is 1. The lowest BCUT2D eigenvalue weighted by Crippen LogP contribution is -2.33. The van der Waals surface area contributed by atoms with Gasteiger partial charge in [0.1, 0.15) is 0 Å². The predicted molar refractivity (Wildman–Crippen MR) is 126 cm³/mol. The van der Waals surface area contributed by atoms with Gasteiger partial charge in [-0.2, -0.15) is 0 Å². The summed E-state index contributed by atoms with van der Waals surface area (Å²) in [6.45, 7) is 4.37. The van der Waals surface area contributed by atoms with Gasteiger partial charge in [0.05, 0.1) is 16.0 Å². The molecule has 2 aromatic carbocycles. The van der Waals surface area contributed by atoms with Crippen LogP contribution in [-0.4, -0.2) is 51.0 Å². The van der Waals surface area contributed by atoms with Crippen molar-refractivity contribution in [3.63, 3.8) is 0 Å². The van der Waals surface area contributed by atoms with Crippen LogP contribution in [0, 0.1) is 0 Å². The molecule has 1 atom stereocenters. The average Bonchev–Trinajstić information content (AvgIpc) is 3.44. The Bertz CT molecular complexity index is 1040. The molecule has 0 radical (unpaired) electrons. The van der Waals surface area contributed by atoms with Gasteiger partial charge in [-0.1, -0.05) is 65.8 Å². The molecule has 1 aliphatic heterocycles. The maximum Gasteiger partial charge on any atom is 0.235 e. The summed E-state index contributed by atoms with van der Waals surface area (Å²) in [5, 5.41) is 9.91. The Morgan fingerprint density at radius 2 is 1.77 bits per heavy atom. The molecule has 31 heavy (non-hydrogen) atoms. The third-order valence-electron chi connectivity index (χ3n) is 5.37. The van der Waals surface area contributed by atoms with Crippen molar-refractivity contribution in [3.8, 4) is 5.69 Å². The number of hydrogen-bond donors (Lipinski definition) is 0. The van der Waals surface area contributed by atoms with Gasteiger partial charge in [0.2, 0.25) is 11.9 Å². The van der Waals surface area contributed by atoms with Crippen molar-refractivity contribution < 1.29 is 4.79 Å². The topological polar surface area (TPSA) is 54.3 Å². The zero-order chi connectivity index (χ0) is 21.8. The van der Waals surface area contributed by atoms with Gasteiger partial charge in [-0.3, -0.25) is 9.36 Å². The summed E-state index contributed by atoms with van der Waals surface area (Å²) >= 11 is 7.94. The summed E-state index contributed by atoms with van der Waals surface area (Å²) in [5.41, 5.74) is 1.93. The van der Waals surface area contributed by atoms with Gasteiger partial charge in [-0.15, -0.1) is 10.2 Å². The highest BCUT2D eigenvalue weighted by Crippen LogP contribution is 2.33. The van der Waals surface area contributed by atoms with E-state index in [-0.39, 0.29) is 11.2 Å². The first kappa shape index (κ1) is 21.7. The van der Waals surface area contributed by atoms with Crippen LogP contribution in [0.4, 0.5) is 5.95 Å². The number of aromatic nitrogens is 3. The molecule has 1 aromatic heterocycles. The predicted octanol–water partition coefficient (Wildman–Crippen LogP) is 4.66. The van der Waals surface area contributed by atoms with E-state index < -0.39 is 0 Å². The van der Waals surface area contributed by atoms with Gasteiger partial charge in [-0.05, 0) is 37.5 Å². The Morgan fingerprint density at radius 1 is 1.10 bits per heavy atom. The molecule has 1 aliphatic rings. The lowest BCUT2D eigenvalue weighted by molar-refractivity contribution is -0.129. The van der Waals surface area contributed by atoms with Crippen molar-refractivity contribution in [2.45, 2.75) is 36.7 Å². The third kappa shape index (κ3) is 4.88. The number of benzene rings is 2. The van der Waals surface area contributed by atoms with E-state index in [2.05, 4.69) is 15.1 Å². The minimum Gasteiger partial charge on any atom is -0.341 e. The second-order valence-electron chi connectivity index (χ2n) is 7.70. The fourth-order valence-electron chi connectivity index (χ4n) is 3.76.